The summed E-state index contributed by atoms with van der Waals surface area (Å²) in [5.41, 5.74) is 2.61. The van der Waals surface area contributed by atoms with E-state index in [0.29, 0.717) is 5.78 Å². The minimum atomic E-state index is 0.195. The van der Waals surface area contributed by atoms with Crippen LogP contribution in [0, 0.1) is 11.3 Å². The molecule has 0 aromatic heterocycles. The number of hydrogen-bond donors (Lipinski definition) is 0. The van der Waals surface area contributed by atoms with Gasteiger partial charge in [-0.25, -0.2) is 0 Å². The quantitative estimate of drug-likeness (QED) is 0.707. The van der Waals surface area contributed by atoms with Gasteiger partial charge in [0.2, 0.25) is 0 Å². The van der Waals surface area contributed by atoms with Crippen molar-refractivity contribution in [3.63, 3.8) is 0 Å². The maximum absolute atomic E-state index is 12.3. The molecule has 98 valence electrons. The molecule has 0 heterocycles. The van der Waals surface area contributed by atoms with Crippen molar-refractivity contribution in [2.24, 2.45) is 11.3 Å². The van der Waals surface area contributed by atoms with Crippen molar-refractivity contribution in [3.05, 3.63) is 35.4 Å². The molecule has 0 amide bonds. The molecule has 0 spiro atoms. The first-order valence-corrected chi connectivity index (χ1v) is 6.93. The van der Waals surface area contributed by atoms with E-state index in [2.05, 4.69) is 46.8 Å². The summed E-state index contributed by atoms with van der Waals surface area (Å²) in [5.74, 6) is 0.559. The SMILES string of the molecule is CCC(C)(C)c1ccc(C(=O)C2CC2(C)C)cc1. The van der Waals surface area contributed by atoms with Gasteiger partial charge in [0, 0.05) is 11.5 Å². The fourth-order valence-corrected chi connectivity index (χ4v) is 2.41. The molecule has 1 unspecified atom stereocenters. The van der Waals surface area contributed by atoms with Gasteiger partial charge in [-0.3, -0.25) is 4.79 Å². The van der Waals surface area contributed by atoms with Crippen molar-refractivity contribution in [2.45, 2.75) is 52.9 Å². The first-order chi connectivity index (χ1) is 8.28. The fourth-order valence-electron chi connectivity index (χ4n) is 2.41. The van der Waals surface area contributed by atoms with E-state index in [1.807, 2.05) is 12.1 Å². The van der Waals surface area contributed by atoms with Crippen LogP contribution in [-0.2, 0) is 5.41 Å². The molecule has 0 aliphatic heterocycles. The highest BCUT2D eigenvalue weighted by molar-refractivity contribution is 6.00. The van der Waals surface area contributed by atoms with Gasteiger partial charge in [-0.1, -0.05) is 58.9 Å². The summed E-state index contributed by atoms with van der Waals surface area (Å²) >= 11 is 0. The summed E-state index contributed by atoms with van der Waals surface area (Å²) in [7, 11) is 0. The molecule has 1 fully saturated rings. The lowest BCUT2D eigenvalue weighted by atomic mass is 9.82. The third-order valence-electron chi connectivity index (χ3n) is 4.66. The van der Waals surface area contributed by atoms with E-state index >= 15 is 0 Å². The van der Waals surface area contributed by atoms with Crippen molar-refractivity contribution in [1.82, 2.24) is 0 Å². The first-order valence-electron chi connectivity index (χ1n) is 6.93. The zero-order chi connectivity index (χ0) is 13.6. The van der Waals surface area contributed by atoms with Crippen molar-refractivity contribution in [1.29, 1.82) is 0 Å². The Hall–Kier alpha value is -1.11. The van der Waals surface area contributed by atoms with Crippen LogP contribution in [-0.4, -0.2) is 5.78 Å². The number of hydrogen-bond acceptors (Lipinski definition) is 1. The Morgan fingerprint density at radius 2 is 1.78 bits per heavy atom. The molecule has 18 heavy (non-hydrogen) atoms. The lowest BCUT2D eigenvalue weighted by Crippen LogP contribution is -2.15. The van der Waals surface area contributed by atoms with Crippen LogP contribution >= 0.6 is 0 Å². The summed E-state index contributed by atoms with van der Waals surface area (Å²) in [6, 6.07) is 8.24. The zero-order valence-corrected chi connectivity index (χ0v) is 12.2. The van der Waals surface area contributed by atoms with Crippen LogP contribution in [0.5, 0.6) is 0 Å². The minimum Gasteiger partial charge on any atom is -0.294 e. The van der Waals surface area contributed by atoms with Gasteiger partial charge in [-0.15, -0.1) is 0 Å². The summed E-state index contributed by atoms with van der Waals surface area (Å²) in [4.78, 5) is 12.3. The smallest absolute Gasteiger partial charge is 0.166 e. The largest absolute Gasteiger partial charge is 0.294 e. The van der Waals surface area contributed by atoms with E-state index in [-0.39, 0.29) is 16.7 Å². The van der Waals surface area contributed by atoms with E-state index in [1.54, 1.807) is 0 Å². The molecule has 1 aliphatic carbocycles. The summed E-state index contributed by atoms with van der Waals surface area (Å²) < 4.78 is 0. The van der Waals surface area contributed by atoms with Gasteiger partial charge in [0.1, 0.15) is 0 Å². The second-order valence-electron chi connectivity index (χ2n) is 6.92. The highest BCUT2D eigenvalue weighted by Gasteiger charge is 2.50. The molecule has 1 aliphatic rings. The van der Waals surface area contributed by atoms with Gasteiger partial charge in [-0.2, -0.15) is 0 Å². The molecule has 1 heteroatoms. The van der Waals surface area contributed by atoms with Gasteiger partial charge in [0.25, 0.3) is 0 Å². The third-order valence-corrected chi connectivity index (χ3v) is 4.66. The average Bonchev–Trinajstić information content (AvgIpc) is 2.98. The standard InChI is InChI=1S/C17H24O/c1-6-16(2,3)13-9-7-12(8-10-13)15(18)14-11-17(14,4)5/h7-10,14H,6,11H2,1-5H3. The molecule has 1 saturated carbocycles. The van der Waals surface area contributed by atoms with Gasteiger partial charge < -0.3 is 0 Å². The van der Waals surface area contributed by atoms with Crippen LogP contribution in [0.1, 0.15) is 63.4 Å². The van der Waals surface area contributed by atoms with Crippen molar-refractivity contribution < 1.29 is 4.79 Å². The summed E-state index contributed by atoms with van der Waals surface area (Å²) in [5, 5.41) is 0. The molecule has 2 rings (SSSR count). The van der Waals surface area contributed by atoms with Gasteiger partial charge in [-0.05, 0) is 29.2 Å². The minimum absolute atomic E-state index is 0.195. The second-order valence-corrected chi connectivity index (χ2v) is 6.92. The Balaban J connectivity index is 2.16. The van der Waals surface area contributed by atoms with E-state index in [0.717, 1.165) is 18.4 Å². The van der Waals surface area contributed by atoms with E-state index in [4.69, 9.17) is 0 Å². The Kier molecular flexibility index (Phi) is 3.12. The first kappa shape index (κ1) is 13.3. The van der Waals surface area contributed by atoms with Crippen LogP contribution in [0.25, 0.3) is 0 Å². The maximum Gasteiger partial charge on any atom is 0.166 e. The van der Waals surface area contributed by atoms with Crippen molar-refractivity contribution in [3.8, 4) is 0 Å². The lowest BCUT2D eigenvalue weighted by Gasteiger charge is -2.23. The normalized spacial score (nSPS) is 21.7. The number of carbonyl (C=O) groups is 1. The second kappa shape index (κ2) is 4.22. The van der Waals surface area contributed by atoms with Gasteiger partial charge in [0.05, 0.1) is 0 Å². The van der Waals surface area contributed by atoms with Gasteiger partial charge in [0.15, 0.2) is 5.78 Å². The molecule has 1 atom stereocenters. The number of ketones is 1. The monoisotopic (exact) mass is 244 g/mol. The predicted molar refractivity (Wildman–Crippen MR) is 76.0 cm³/mol. The summed E-state index contributed by atoms with van der Waals surface area (Å²) in [6.45, 7) is 11.0. The third kappa shape index (κ3) is 2.36. The Morgan fingerprint density at radius 3 is 2.17 bits per heavy atom. The van der Waals surface area contributed by atoms with Crippen molar-refractivity contribution >= 4 is 5.78 Å². The molecular formula is C17H24O. The van der Waals surface area contributed by atoms with Crippen LogP contribution in [0.2, 0.25) is 0 Å². The molecule has 0 bridgehead atoms. The molecule has 1 aromatic rings. The lowest BCUT2D eigenvalue weighted by molar-refractivity contribution is 0.0953. The topological polar surface area (TPSA) is 17.1 Å². The van der Waals surface area contributed by atoms with Crippen LogP contribution in [0.3, 0.4) is 0 Å². The van der Waals surface area contributed by atoms with Crippen molar-refractivity contribution in [2.75, 3.05) is 0 Å². The van der Waals surface area contributed by atoms with E-state index in [9.17, 15) is 4.79 Å². The molecule has 0 radical (unpaired) electrons. The molecular weight excluding hydrogens is 220 g/mol. The van der Waals surface area contributed by atoms with Crippen LogP contribution in [0.4, 0.5) is 0 Å². The number of carbonyl (C=O) groups excluding carboxylic acids is 1. The van der Waals surface area contributed by atoms with Crippen LogP contribution in [0.15, 0.2) is 24.3 Å². The summed E-state index contributed by atoms with van der Waals surface area (Å²) in [6.07, 6.45) is 2.14. The number of rotatable bonds is 4. The van der Waals surface area contributed by atoms with Gasteiger partial charge >= 0.3 is 0 Å². The highest BCUT2D eigenvalue weighted by atomic mass is 16.1. The number of benzene rings is 1. The fraction of sp³-hybridized carbons (Fsp3) is 0.588. The van der Waals surface area contributed by atoms with E-state index in [1.165, 1.54) is 5.56 Å². The molecule has 0 N–H and O–H groups in total. The molecule has 1 aromatic carbocycles. The average molecular weight is 244 g/mol. The molecule has 1 nitrogen and oxygen atoms in total. The maximum atomic E-state index is 12.3. The Bertz CT molecular complexity index is 451. The Labute approximate surface area is 111 Å². The zero-order valence-electron chi connectivity index (χ0n) is 12.2. The Morgan fingerprint density at radius 1 is 1.28 bits per heavy atom. The predicted octanol–water partition coefficient (Wildman–Crippen LogP) is 4.60. The molecule has 0 saturated heterocycles. The highest BCUT2D eigenvalue weighted by Crippen LogP contribution is 2.53. The number of Topliss-reactive ketones (excluding diaryl/α,β-unsaturated/α-hetero) is 1. The van der Waals surface area contributed by atoms with Crippen LogP contribution < -0.4 is 0 Å². The van der Waals surface area contributed by atoms with E-state index < -0.39 is 0 Å².